The van der Waals surface area contributed by atoms with Crippen molar-refractivity contribution in [3.05, 3.63) is 0 Å². The predicted molar refractivity (Wildman–Crippen MR) is 70.2 cm³/mol. The van der Waals surface area contributed by atoms with Crippen LogP contribution >= 0.6 is 12.4 Å². The van der Waals surface area contributed by atoms with E-state index in [1.165, 1.54) is 58.3 Å². The maximum Gasteiger partial charge on any atom is 0.0120 e. The van der Waals surface area contributed by atoms with Gasteiger partial charge >= 0.3 is 0 Å². The van der Waals surface area contributed by atoms with Gasteiger partial charge in [0.05, 0.1) is 0 Å². The monoisotopic (exact) mass is 244 g/mol. The first kappa shape index (κ1) is 12.7. The van der Waals surface area contributed by atoms with Gasteiger partial charge in [-0.05, 0) is 50.1 Å². The highest BCUT2D eigenvalue weighted by atomic mass is 35.5. The molecular weight excluding hydrogens is 220 g/mol. The first-order chi connectivity index (χ1) is 7.25. The Balaban J connectivity index is 0.000000963. The van der Waals surface area contributed by atoms with Gasteiger partial charge in [-0.2, -0.15) is 0 Å². The number of rotatable bonds is 2. The number of hydrogen-bond acceptors (Lipinski definition) is 2. The molecule has 1 N–H and O–H groups in total. The SMILES string of the molecule is CC1(CN2CCC3NCCC3C2)CCC1.Cl. The van der Waals surface area contributed by atoms with E-state index in [0.29, 0.717) is 5.41 Å². The van der Waals surface area contributed by atoms with Crippen molar-refractivity contribution in [2.75, 3.05) is 26.2 Å². The van der Waals surface area contributed by atoms with E-state index in [2.05, 4.69) is 17.1 Å². The Morgan fingerprint density at radius 1 is 1.31 bits per heavy atom. The Bertz CT molecular complexity index is 240. The molecule has 0 radical (unpaired) electrons. The summed E-state index contributed by atoms with van der Waals surface area (Å²) in [5.74, 6) is 0.961. The average molecular weight is 245 g/mol. The zero-order valence-corrected chi connectivity index (χ0v) is 11.2. The zero-order chi connectivity index (χ0) is 10.3. The van der Waals surface area contributed by atoms with Gasteiger partial charge in [0.25, 0.3) is 0 Å². The molecule has 3 heteroatoms. The van der Waals surface area contributed by atoms with Crippen molar-refractivity contribution < 1.29 is 0 Å². The molecule has 2 nitrogen and oxygen atoms in total. The first-order valence-corrected chi connectivity index (χ1v) is 6.71. The molecule has 0 amide bonds. The molecule has 2 heterocycles. The predicted octanol–water partition coefficient (Wildman–Crippen LogP) is 2.28. The van der Waals surface area contributed by atoms with Crippen LogP contribution in [0, 0.1) is 11.3 Å². The first-order valence-electron chi connectivity index (χ1n) is 6.71. The maximum atomic E-state index is 3.64. The van der Waals surface area contributed by atoms with Crippen molar-refractivity contribution in [2.24, 2.45) is 11.3 Å². The van der Waals surface area contributed by atoms with Crippen LogP contribution in [-0.4, -0.2) is 37.1 Å². The van der Waals surface area contributed by atoms with Crippen LogP contribution in [0.3, 0.4) is 0 Å². The number of halogens is 1. The lowest BCUT2D eigenvalue weighted by Gasteiger charge is -2.45. The van der Waals surface area contributed by atoms with E-state index in [1.54, 1.807) is 0 Å². The van der Waals surface area contributed by atoms with Gasteiger partial charge in [0.15, 0.2) is 0 Å². The smallest absolute Gasteiger partial charge is 0.0120 e. The molecule has 1 aliphatic carbocycles. The molecule has 3 fully saturated rings. The molecule has 3 aliphatic rings. The van der Waals surface area contributed by atoms with Gasteiger partial charge in [0.2, 0.25) is 0 Å². The van der Waals surface area contributed by atoms with Crippen LogP contribution in [0.1, 0.15) is 39.0 Å². The topological polar surface area (TPSA) is 15.3 Å². The fourth-order valence-corrected chi connectivity index (χ4v) is 3.74. The summed E-state index contributed by atoms with van der Waals surface area (Å²) in [5, 5.41) is 3.64. The minimum Gasteiger partial charge on any atom is -0.314 e. The molecule has 2 aliphatic heterocycles. The number of nitrogens with zero attached hydrogens (tertiary/aromatic N) is 1. The summed E-state index contributed by atoms with van der Waals surface area (Å²) in [7, 11) is 0. The second-order valence-corrected chi connectivity index (χ2v) is 6.30. The van der Waals surface area contributed by atoms with Gasteiger partial charge in [-0.15, -0.1) is 12.4 Å². The van der Waals surface area contributed by atoms with E-state index in [-0.39, 0.29) is 12.4 Å². The molecule has 0 bridgehead atoms. The third-order valence-corrected chi connectivity index (χ3v) is 4.91. The van der Waals surface area contributed by atoms with Crippen molar-refractivity contribution in [1.82, 2.24) is 10.2 Å². The Labute approximate surface area is 106 Å². The van der Waals surface area contributed by atoms with Crippen LogP contribution < -0.4 is 5.32 Å². The third-order valence-electron chi connectivity index (χ3n) is 4.91. The van der Waals surface area contributed by atoms with Crippen molar-refractivity contribution in [3.63, 3.8) is 0 Å². The van der Waals surface area contributed by atoms with E-state index in [9.17, 15) is 0 Å². The normalized spacial score (nSPS) is 37.3. The molecule has 1 saturated carbocycles. The number of piperidine rings is 1. The quantitative estimate of drug-likeness (QED) is 0.802. The van der Waals surface area contributed by atoms with Crippen LogP contribution in [0.4, 0.5) is 0 Å². The molecule has 2 atom stereocenters. The average Bonchev–Trinajstić information content (AvgIpc) is 2.62. The Morgan fingerprint density at radius 2 is 2.12 bits per heavy atom. The fourth-order valence-electron chi connectivity index (χ4n) is 3.74. The van der Waals surface area contributed by atoms with Gasteiger partial charge in [0.1, 0.15) is 0 Å². The minimum atomic E-state index is 0. The van der Waals surface area contributed by atoms with Crippen LogP contribution in [0.2, 0.25) is 0 Å². The van der Waals surface area contributed by atoms with Gasteiger partial charge in [0, 0.05) is 19.1 Å². The van der Waals surface area contributed by atoms with E-state index in [4.69, 9.17) is 0 Å². The standard InChI is InChI=1S/C13H24N2.ClH/c1-13(5-2-6-13)10-15-8-4-12-11(9-15)3-7-14-12;/h11-12,14H,2-10H2,1H3;1H. The van der Waals surface area contributed by atoms with Gasteiger partial charge in [-0.25, -0.2) is 0 Å². The molecule has 3 rings (SSSR count). The number of nitrogens with one attached hydrogen (secondary N) is 1. The van der Waals surface area contributed by atoms with E-state index < -0.39 is 0 Å². The summed E-state index contributed by atoms with van der Waals surface area (Å²) in [6, 6.07) is 0.857. The van der Waals surface area contributed by atoms with E-state index in [1.807, 2.05) is 0 Å². The second-order valence-electron chi connectivity index (χ2n) is 6.30. The highest BCUT2D eigenvalue weighted by Crippen LogP contribution is 2.41. The molecule has 2 saturated heterocycles. The molecule has 94 valence electrons. The van der Waals surface area contributed by atoms with Gasteiger partial charge in [-0.3, -0.25) is 0 Å². The van der Waals surface area contributed by atoms with Crippen molar-refractivity contribution >= 4 is 12.4 Å². The third kappa shape index (κ3) is 2.39. The molecule has 0 aromatic rings. The highest BCUT2D eigenvalue weighted by Gasteiger charge is 2.37. The van der Waals surface area contributed by atoms with Crippen molar-refractivity contribution in [1.29, 1.82) is 0 Å². The van der Waals surface area contributed by atoms with Crippen LogP contribution in [0.5, 0.6) is 0 Å². The van der Waals surface area contributed by atoms with Crippen LogP contribution in [0.15, 0.2) is 0 Å². The molecule has 0 aromatic heterocycles. The zero-order valence-electron chi connectivity index (χ0n) is 10.4. The molecule has 0 spiro atoms. The highest BCUT2D eigenvalue weighted by molar-refractivity contribution is 5.85. The number of fused-ring (bicyclic) bond motifs is 1. The number of likely N-dealkylation sites (tertiary alicyclic amines) is 1. The summed E-state index contributed by atoms with van der Waals surface area (Å²) in [5.41, 5.74) is 0.679. The lowest BCUT2D eigenvalue weighted by Crippen LogP contribution is -2.49. The van der Waals surface area contributed by atoms with Gasteiger partial charge < -0.3 is 10.2 Å². The molecule has 16 heavy (non-hydrogen) atoms. The fraction of sp³-hybridized carbons (Fsp3) is 1.00. The van der Waals surface area contributed by atoms with Crippen molar-refractivity contribution in [2.45, 2.75) is 45.1 Å². The van der Waals surface area contributed by atoms with Crippen LogP contribution in [0.25, 0.3) is 0 Å². The summed E-state index contributed by atoms with van der Waals surface area (Å²) >= 11 is 0. The molecule has 0 aromatic carbocycles. The van der Waals surface area contributed by atoms with Gasteiger partial charge in [-0.1, -0.05) is 13.3 Å². The largest absolute Gasteiger partial charge is 0.314 e. The minimum absolute atomic E-state index is 0. The Morgan fingerprint density at radius 3 is 2.81 bits per heavy atom. The summed E-state index contributed by atoms with van der Waals surface area (Å²) in [6.45, 7) is 7.82. The lowest BCUT2D eigenvalue weighted by molar-refractivity contribution is 0.0559. The Hall–Kier alpha value is 0.210. The second kappa shape index (κ2) is 4.83. The maximum absolute atomic E-state index is 3.64. The summed E-state index contributed by atoms with van der Waals surface area (Å²) in [6.07, 6.45) is 7.21. The summed E-state index contributed by atoms with van der Waals surface area (Å²) < 4.78 is 0. The van der Waals surface area contributed by atoms with E-state index in [0.717, 1.165) is 12.0 Å². The lowest BCUT2D eigenvalue weighted by atomic mass is 9.70. The summed E-state index contributed by atoms with van der Waals surface area (Å²) in [4.78, 5) is 2.74. The molecule has 2 unspecified atom stereocenters. The molecular formula is C13H25ClN2. The van der Waals surface area contributed by atoms with Crippen LogP contribution in [-0.2, 0) is 0 Å². The Kier molecular flexibility index (Phi) is 3.82. The van der Waals surface area contributed by atoms with Crippen molar-refractivity contribution in [3.8, 4) is 0 Å². The van der Waals surface area contributed by atoms with E-state index >= 15 is 0 Å². The number of hydrogen-bond donors (Lipinski definition) is 1.